The quantitative estimate of drug-likeness (QED) is 0.0230. The van der Waals surface area contributed by atoms with E-state index in [9.17, 15) is 4.79 Å². The molecule has 4 atom stereocenters. The summed E-state index contributed by atoms with van der Waals surface area (Å²) in [5.74, 6) is 2.84. The Morgan fingerprint density at radius 1 is 0.447 bits per heavy atom. The lowest BCUT2D eigenvalue weighted by atomic mass is 9.86. The van der Waals surface area contributed by atoms with E-state index in [0.29, 0.717) is 12.2 Å². The third-order valence-electron chi connectivity index (χ3n) is 19.9. The number of carbonyl (C=O) groups excluding carboxylic acids is 1. The Balaban J connectivity index is 0.905. The highest BCUT2D eigenvalue weighted by molar-refractivity contribution is 5.95. The van der Waals surface area contributed by atoms with Gasteiger partial charge in [0.2, 0.25) is 0 Å². The van der Waals surface area contributed by atoms with Crippen LogP contribution in [0, 0.1) is 23.7 Å². The molecule has 1 saturated carbocycles. The van der Waals surface area contributed by atoms with Gasteiger partial charge in [-0.15, -0.1) is 0 Å². The van der Waals surface area contributed by atoms with Crippen LogP contribution in [0.1, 0.15) is 262 Å². The van der Waals surface area contributed by atoms with Crippen molar-refractivity contribution in [2.45, 2.75) is 233 Å². The summed E-state index contributed by atoms with van der Waals surface area (Å²) >= 11 is 0. The molecule has 3 aromatic heterocycles. The lowest BCUT2D eigenvalue weighted by molar-refractivity contribution is 0.0500. The molecule has 2 fully saturated rings. The molecule has 2 N–H and O–H groups in total. The Hall–Kier alpha value is -5.95. The number of unbranched alkanes of at least 4 members (excludes halogenated alkanes) is 24. The number of aromatic nitrogens is 4. The molecule has 454 valence electrons. The van der Waals surface area contributed by atoms with E-state index in [1.54, 1.807) is 0 Å². The highest BCUT2D eigenvalue weighted by Gasteiger charge is 2.49. The number of nitrogens with one attached hydrogen (secondary N) is 2. The number of aromatic amines is 2. The summed E-state index contributed by atoms with van der Waals surface area (Å²) in [6, 6.07) is 26.5. The van der Waals surface area contributed by atoms with Gasteiger partial charge in [0.25, 0.3) is 0 Å². The van der Waals surface area contributed by atoms with Gasteiger partial charge in [0.1, 0.15) is 0 Å². The van der Waals surface area contributed by atoms with Crippen molar-refractivity contribution in [1.82, 2.24) is 19.9 Å². The molecular weight excluding hydrogens is 1040 g/mol. The molecule has 3 aliphatic heterocycles. The molecule has 2 aromatic carbocycles. The molecule has 0 radical (unpaired) electrons. The number of fused-ring (bicyclic) bond motifs is 13. The van der Waals surface area contributed by atoms with E-state index in [1.807, 2.05) is 12.1 Å². The summed E-state index contributed by atoms with van der Waals surface area (Å²) in [5, 5.41) is 0. The van der Waals surface area contributed by atoms with Gasteiger partial charge in [0.05, 0.1) is 34.9 Å². The Morgan fingerprint density at radius 3 is 1.29 bits per heavy atom. The molecule has 0 spiro atoms. The molecule has 0 unspecified atom stereocenters. The van der Waals surface area contributed by atoms with Crippen LogP contribution in [-0.4, -0.2) is 45.6 Å². The van der Waals surface area contributed by atoms with Crippen LogP contribution in [0.2, 0.25) is 0 Å². The maximum absolute atomic E-state index is 13.3. The van der Waals surface area contributed by atoms with E-state index in [4.69, 9.17) is 14.7 Å². The molecule has 2 aliphatic carbocycles. The first-order chi connectivity index (χ1) is 42.0. The van der Waals surface area contributed by atoms with Crippen molar-refractivity contribution in [3.05, 3.63) is 136 Å². The summed E-state index contributed by atoms with van der Waals surface area (Å²) in [5.41, 5.74) is 18.1. The lowest BCUT2D eigenvalue weighted by Crippen LogP contribution is -2.22. The van der Waals surface area contributed by atoms with Crippen LogP contribution in [0.4, 0.5) is 5.69 Å². The first-order valence-corrected chi connectivity index (χ1v) is 34.9. The molecule has 7 nitrogen and oxygen atoms in total. The van der Waals surface area contributed by atoms with Crippen molar-refractivity contribution >= 4 is 58.0 Å². The Labute approximate surface area is 512 Å². The van der Waals surface area contributed by atoms with Crippen molar-refractivity contribution in [1.29, 1.82) is 0 Å². The van der Waals surface area contributed by atoms with Crippen LogP contribution < -0.4 is 4.90 Å². The van der Waals surface area contributed by atoms with Gasteiger partial charge in [-0.3, -0.25) is 0 Å². The van der Waals surface area contributed by atoms with Crippen LogP contribution in [0.25, 0.3) is 57.5 Å². The normalized spacial score (nSPS) is 17.5. The van der Waals surface area contributed by atoms with Crippen LogP contribution in [-0.2, 0) is 30.4 Å². The van der Waals surface area contributed by atoms with Gasteiger partial charge in [0, 0.05) is 63.1 Å². The molecule has 5 aromatic rings. The summed E-state index contributed by atoms with van der Waals surface area (Å²) in [4.78, 5) is 35.1. The van der Waals surface area contributed by atoms with Gasteiger partial charge in [-0.25, -0.2) is 14.8 Å². The average molecular weight is 1140 g/mol. The topological polar surface area (TPSA) is 86.9 Å². The number of esters is 1. The fourth-order valence-corrected chi connectivity index (χ4v) is 14.8. The number of benzene rings is 2. The molecule has 0 amide bonds. The van der Waals surface area contributed by atoms with Gasteiger partial charge < -0.3 is 19.6 Å². The lowest BCUT2D eigenvalue weighted by Gasteiger charge is -2.21. The van der Waals surface area contributed by atoms with E-state index in [2.05, 4.69) is 133 Å². The minimum atomic E-state index is -0.242. The van der Waals surface area contributed by atoms with Crippen molar-refractivity contribution in [3.63, 3.8) is 0 Å². The Bertz CT molecular complexity index is 3010. The number of allylic oxidation sites excluding steroid dienone is 2. The zero-order valence-corrected chi connectivity index (χ0v) is 52.8. The van der Waals surface area contributed by atoms with Crippen LogP contribution in [0.3, 0.4) is 0 Å². The van der Waals surface area contributed by atoms with E-state index < -0.39 is 0 Å². The second-order valence-electron chi connectivity index (χ2n) is 26.2. The van der Waals surface area contributed by atoms with E-state index in [-0.39, 0.29) is 5.97 Å². The molecule has 5 aliphatic rings. The summed E-state index contributed by atoms with van der Waals surface area (Å²) in [6.07, 6.45) is 55.3. The maximum atomic E-state index is 13.3. The molecule has 6 heterocycles. The fourth-order valence-electron chi connectivity index (χ4n) is 14.8. The second-order valence-corrected chi connectivity index (χ2v) is 26.2. The highest BCUT2D eigenvalue weighted by atomic mass is 16.5. The summed E-state index contributed by atoms with van der Waals surface area (Å²) in [6.45, 7) is 9.55. The van der Waals surface area contributed by atoms with Gasteiger partial charge >= 0.3 is 5.97 Å². The van der Waals surface area contributed by atoms with Crippen LogP contribution >= 0.6 is 0 Å². The van der Waals surface area contributed by atoms with Crippen LogP contribution in [0.5, 0.6) is 0 Å². The number of aryl methyl sites for hydroxylation is 3. The fraction of sp³-hybridized carbons (Fsp3) is 0.551. The van der Waals surface area contributed by atoms with E-state index in [1.165, 1.54) is 188 Å². The van der Waals surface area contributed by atoms with Crippen molar-refractivity contribution in [2.24, 2.45) is 23.7 Å². The molecule has 10 bridgehead atoms. The maximum Gasteiger partial charge on any atom is 0.338 e. The number of ether oxygens (including phenoxy) is 1. The Kier molecular flexibility index (Phi) is 23.9. The van der Waals surface area contributed by atoms with Crippen LogP contribution in [0.15, 0.2) is 84.9 Å². The monoisotopic (exact) mass is 1140 g/mol. The molecule has 7 heteroatoms. The standard InChI is InChI=1S/C78H105N5O2/c1-4-7-10-13-16-19-22-25-28-33-64-69-46-48-71(79-69)65(34-29-26-23-20-17-14-11-8-5-2)73-50-52-75(81-73)77(76-53-51-74(82-76)66(72-49-47-70(64)80-72)35-30-27-24-21-18-15-12-9-6-3)59-38-36-58(37-39-59)32-31-54-85-78(84)60-42-44-63(45-43-60)83-56-67-61-40-41-62(55-61)68(67)57-83/h36-53,61-62,67-68,81-82H,4-35,54-57H2,1-3H3/t61-,62+,67-,68+. The summed E-state index contributed by atoms with van der Waals surface area (Å²) < 4.78 is 5.87. The highest BCUT2D eigenvalue weighted by Crippen LogP contribution is 2.52. The SMILES string of the molecule is CCCCCCCCCCCc1c2nc(c(CCCCCCCCCCC)c3ccc([nH]3)c(-c3ccc(CCCOC(=O)c4ccc(N5C[C@@H]6[C@H](C5)[C@@H]5C=C[C@H]6C5)cc4)cc3)c3ccc([nH]3)c(CCCCCCCCCCC)c3nc1C=C3)C=C2. The number of anilines is 1. The number of carbonyl (C=O) groups is 1. The minimum Gasteiger partial charge on any atom is -0.462 e. The number of H-pyrrole nitrogens is 2. The predicted molar refractivity (Wildman–Crippen MR) is 362 cm³/mol. The molecule has 85 heavy (non-hydrogen) atoms. The van der Waals surface area contributed by atoms with Gasteiger partial charge in [-0.05, 0) is 165 Å². The Morgan fingerprint density at radius 2 is 0.847 bits per heavy atom. The summed E-state index contributed by atoms with van der Waals surface area (Å²) in [7, 11) is 0. The first kappa shape index (κ1) is 62.1. The first-order valence-electron chi connectivity index (χ1n) is 34.9. The third-order valence-corrected chi connectivity index (χ3v) is 19.9. The average Bonchev–Trinajstić information content (AvgIpc) is 2.63. The van der Waals surface area contributed by atoms with E-state index >= 15 is 0 Å². The van der Waals surface area contributed by atoms with Crippen molar-refractivity contribution in [3.8, 4) is 11.1 Å². The largest absolute Gasteiger partial charge is 0.462 e. The molecule has 1 saturated heterocycles. The smallest absolute Gasteiger partial charge is 0.338 e. The number of hydrogen-bond acceptors (Lipinski definition) is 5. The third kappa shape index (κ3) is 17.0. The van der Waals surface area contributed by atoms with Gasteiger partial charge in [-0.1, -0.05) is 211 Å². The number of hydrogen-bond donors (Lipinski definition) is 2. The minimum absolute atomic E-state index is 0.242. The second kappa shape index (κ2) is 32.7. The zero-order chi connectivity index (χ0) is 58.4. The van der Waals surface area contributed by atoms with Gasteiger partial charge in [-0.2, -0.15) is 0 Å². The van der Waals surface area contributed by atoms with Crippen molar-refractivity contribution in [2.75, 3.05) is 24.6 Å². The predicted octanol–water partition coefficient (Wildman–Crippen LogP) is 21.6. The molecular formula is C78H105N5O2. The number of nitrogens with zero attached hydrogens (tertiary/aromatic N) is 3. The van der Waals surface area contributed by atoms with Gasteiger partial charge in [0.15, 0.2) is 0 Å². The zero-order valence-electron chi connectivity index (χ0n) is 52.8. The number of rotatable bonds is 37. The van der Waals surface area contributed by atoms with E-state index in [0.717, 1.165) is 144 Å². The molecule has 10 rings (SSSR count). The van der Waals surface area contributed by atoms with Crippen molar-refractivity contribution < 1.29 is 9.53 Å².